The molecule has 0 fully saturated rings. The zero-order chi connectivity index (χ0) is 16.4. The first-order valence-electron chi connectivity index (χ1n) is 6.88. The highest BCUT2D eigenvalue weighted by Crippen LogP contribution is 2.30. The van der Waals surface area contributed by atoms with Gasteiger partial charge in [-0.15, -0.1) is 11.3 Å². The number of ether oxygens (including phenoxy) is 1. The molecule has 1 amide bonds. The maximum atomic E-state index is 11.1. The Morgan fingerprint density at radius 3 is 2.70 bits per heavy atom. The second kappa shape index (κ2) is 6.79. The second-order valence-corrected chi connectivity index (χ2v) is 6.84. The summed E-state index contributed by atoms with van der Waals surface area (Å²) in [5.41, 5.74) is 7.08. The maximum absolute atomic E-state index is 11.1. The molecule has 0 spiro atoms. The van der Waals surface area contributed by atoms with Crippen LogP contribution in [-0.2, 0) is 17.8 Å². The summed E-state index contributed by atoms with van der Waals surface area (Å²) in [4.78, 5) is 11.1. The van der Waals surface area contributed by atoms with E-state index in [0.717, 1.165) is 27.0 Å². The van der Waals surface area contributed by atoms with Crippen LogP contribution in [0, 0.1) is 0 Å². The topological polar surface area (TPSA) is 52.3 Å². The van der Waals surface area contributed by atoms with Gasteiger partial charge in [-0.05, 0) is 46.7 Å². The largest absolute Gasteiger partial charge is 0.489 e. The van der Waals surface area contributed by atoms with E-state index < -0.39 is 0 Å². The number of rotatable bonds is 5. The van der Waals surface area contributed by atoms with Gasteiger partial charge >= 0.3 is 0 Å². The van der Waals surface area contributed by atoms with Crippen LogP contribution >= 0.6 is 34.5 Å². The highest BCUT2D eigenvalue weighted by Gasteiger charge is 2.08. The van der Waals surface area contributed by atoms with E-state index in [1.807, 2.05) is 29.6 Å². The van der Waals surface area contributed by atoms with Gasteiger partial charge in [-0.1, -0.05) is 29.3 Å². The van der Waals surface area contributed by atoms with E-state index in [0.29, 0.717) is 16.7 Å². The Morgan fingerprint density at radius 1 is 1.13 bits per heavy atom. The van der Waals surface area contributed by atoms with Crippen LogP contribution in [0.4, 0.5) is 0 Å². The first kappa shape index (κ1) is 16.1. The van der Waals surface area contributed by atoms with Gasteiger partial charge in [0, 0.05) is 20.3 Å². The molecule has 0 aliphatic heterocycles. The van der Waals surface area contributed by atoms with E-state index in [2.05, 4.69) is 0 Å². The Kier molecular flexibility index (Phi) is 4.76. The van der Waals surface area contributed by atoms with E-state index in [-0.39, 0.29) is 12.3 Å². The van der Waals surface area contributed by atoms with Crippen molar-refractivity contribution in [3.8, 4) is 5.75 Å². The van der Waals surface area contributed by atoms with Gasteiger partial charge in [0.15, 0.2) is 0 Å². The molecule has 3 rings (SSSR count). The number of hydrogen-bond acceptors (Lipinski definition) is 3. The quantitative estimate of drug-likeness (QED) is 0.704. The molecule has 1 heterocycles. The van der Waals surface area contributed by atoms with Crippen molar-refractivity contribution in [1.82, 2.24) is 0 Å². The Morgan fingerprint density at radius 2 is 1.96 bits per heavy atom. The Bertz CT molecular complexity index is 876. The molecule has 1 aromatic heterocycles. The lowest BCUT2D eigenvalue weighted by molar-refractivity contribution is -0.117. The summed E-state index contributed by atoms with van der Waals surface area (Å²) in [5.74, 6) is 0.415. The van der Waals surface area contributed by atoms with Crippen LogP contribution in [0.3, 0.4) is 0 Å². The lowest BCUT2D eigenvalue weighted by Gasteiger charge is -2.08. The fourth-order valence-corrected chi connectivity index (χ4v) is 3.73. The first-order chi connectivity index (χ1) is 11.0. The van der Waals surface area contributed by atoms with Gasteiger partial charge in [-0.25, -0.2) is 0 Å². The van der Waals surface area contributed by atoms with Crippen molar-refractivity contribution in [2.75, 3.05) is 0 Å². The molecule has 118 valence electrons. The average Bonchev–Trinajstić information content (AvgIpc) is 2.88. The molecule has 0 unspecified atom stereocenters. The van der Waals surface area contributed by atoms with E-state index in [4.69, 9.17) is 33.7 Å². The third-order valence-corrected chi connectivity index (χ3v) is 4.98. The number of thiophene rings is 1. The number of carbonyl (C=O) groups is 1. The lowest BCUT2D eigenvalue weighted by Crippen LogP contribution is -2.13. The number of fused-ring (bicyclic) bond motifs is 1. The fourth-order valence-electron chi connectivity index (χ4n) is 2.28. The minimum absolute atomic E-state index is 0.251. The number of halogens is 2. The summed E-state index contributed by atoms with van der Waals surface area (Å²) in [7, 11) is 0. The molecule has 6 heteroatoms. The molecule has 23 heavy (non-hydrogen) atoms. The van der Waals surface area contributed by atoms with E-state index in [9.17, 15) is 4.79 Å². The first-order valence-corrected chi connectivity index (χ1v) is 8.51. The second-order valence-electron chi connectivity index (χ2n) is 5.09. The molecule has 0 bridgehead atoms. The number of benzene rings is 2. The summed E-state index contributed by atoms with van der Waals surface area (Å²) < 4.78 is 6.86. The van der Waals surface area contributed by atoms with Crippen LogP contribution in [0.2, 0.25) is 10.0 Å². The third-order valence-electron chi connectivity index (χ3n) is 3.40. The van der Waals surface area contributed by atoms with E-state index in [1.165, 1.54) is 0 Å². The Labute approximate surface area is 147 Å². The van der Waals surface area contributed by atoms with Crippen LogP contribution in [0.5, 0.6) is 5.75 Å². The number of carbonyl (C=O) groups excluding carboxylic acids is 1. The van der Waals surface area contributed by atoms with E-state index in [1.54, 1.807) is 23.5 Å². The minimum Gasteiger partial charge on any atom is -0.489 e. The maximum Gasteiger partial charge on any atom is 0.221 e. The predicted octanol–water partition coefficient (Wildman–Crippen LogP) is 4.81. The highest BCUT2D eigenvalue weighted by atomic mass is 35.5. The smallest absolute Gasteiger partial charge is 0.221 e. The summed E-state index contributed by atoms with van der Waals surface area (Å²) in [6.45, 7) is 0.362. The van der Waals surface area contributed by atoms with Crippen LogP contribution in [0.15, 0.2) is 41.8 Å². The van der Waals surface area contributed by atoms with Gasteiger partial charge in [0.05, 0.1) is 6.42 Å². The fraction of sp³-hybridized carbons (Fsp3) is 0.118. The standard InChI is InChI=1S/C17H13Cl2NO2S/c18-12-2-1-10(15(19)6-12)8-22-13-3-4-14-11(5-17(20)21)9-23-16(14)7-13/h1-4,6-7,9H,5,8H2,(H2,20,21). The van der Waals surface area contributed by atoms with Crippen molar-refractivity contribution in [2.24, 2.45) is 5.73 Å². The van der Waals surface area contributed by atoms with Crippen LogP contribution < -0.4 is 10.5 Å². The van der Waals surface area contributed by atoms with Crippen LogP contribution in [-0.4, -0.2) is 5.91 Å². The summed E-state index contributed by atoms with van der Waals surface area (Å²) in [6.07, 6.45) is 0.251. The van der Waals surface area contributed by atoms with Crippen molar-refractivity contribution in [1.29, 1.82) is 0 Å². The van der Waals surface area contributed by atoms with Crippen molar-refractivity contribution < 1.29 is 9.53 Å². The molecular formula is C17H13Cl2NO2S. The highest BCUT2D eigenvalue weighted by molar-refractivity contribution is 7.17. The Hall–Kier alpha value is -1.75. The number of primary amides is 1. The van der Waals surface area contributed by atoms with Gasteiger partial charge in [-0.3, -0.25) is 4.79 Å². The summed E-state index contributed by atoms with van der Waals surface area (Å²) in [6, 6.07) is 11.1. The molecule has 0 aliphatic rings. The van der Waals surface area contributed by atoms with Crippen LogP contribution in [0.25, 0.3) is 10.1 Å². The van der Waals surface area contributed by atoms with Gasteiger partial charge in [0.1, 0.15) is 12.4 Å². The zero-order valence-corrected chi connectivity index (χ0v) is 14.3. The molecule has 0 radical (unpaired) electrons. The molecule has 3 nitrogen and oxygen atoms in total. The average molecular weight is 366 g/mol. The molecule has 3 aromatic rings. The number of amides is 1. The molecule has 0 saturated carbocycles. The van der Waals surface area contributed by atoms with Crippen molar-refractivity contribution in [3.63, 3.8) is 0 Å². The predicted molar refractivity (Wildman–Crippen MR) is 95.5 cm³/mol. The number of hydrogen-bond donors (Lipinski definition) is 1. The minimum atomic E-state index is -0.331. The molecular weight excluding hydrogens is 353 g/mol. The molecule has 0 saturated heterocycles. The lowest BCUT2D eigenvalue weighted by atomic mass is 10.1. The molecule has 0 atom stereocenters. The third kappa shape index (κ3) is 3.78. The van der Waals surface area contributed by atoms with Gasteiger partial charge < -0.3 is 10.5 Å². The van der Waals surface area contributed by atoms with Crippen molar-refractivity contribution >= 4 is 50.5 Å². The van der Waals surface area contributed by atoms with Gasteiger partial charge in [-0.2, -0.15) is 0 Å². The van der Waals surface area contributed by atoms with Gasteiger partial charge in [0.2, 0.25) is 5.91 Å². The van der Waals surface area contributed by atoms with Crippen LogP contribution in [0.1, 0.15) is 11.1 Å². The van der Waals surface area contributed by atoms with E-state index >= 15 is 0 Å². The SMILES string of the molecule is NC(=O)Cc1csc2cc(OCc3ccc(Cl)cc3Cl)ccc12. The number of nitrogens with two attached hydrogens (primary N) is 1. The molecule has 0 aliphatic carbocycles. The van der Waals surface area contributed by atoms with Crippen molar-refractivity contribution in [3.05, 3.63) is 63.0 Å². The zero-order valence-electron chi connectivity index (χ0n) is 12.0. The van der Waals surface area contributed by atoms with Gasteiger partial charge in [0.25, 0.3) is 0 Å². The molecule has 2 aromatic carbocycles. The Balaban J connectivity index is 1.77. The monoisotopic (exact) mass is 365 g/mol. The summed E-state index contributed by atoms with van der Waals surface area (Å²) in [5, 5.41) is 4.17. The molecule has 2 N–H and O–H groups in total. The summed E-state index contributed by atoms with van der Waals surface area (Å²) >= 11 is 13.6. The van der Waals surface area contributed by atoms with Crippen molar-refractivity contribution in [2.45, 2.75) is 13.0 Å². The normalized spacial score (nSPS) is 10.9.